The van der Waals surface area contributed by atoms with E-state index in [0.29, 0.717) is 17.9 Å². The predicted molar refractivity (Wildman–Crippen MR) is 63.0 cm³/mol. The van der Waals surface area contributed by atoms with Crippen LogP contribution in [0.2, 0.25) is 0 Å². The number of anilines is 1. The average Bonchev–Trinajstić information content (AvgIpc) is 2.54. The molecule has 0 saturated carbocycles. The summed E-state index contributed by atoms with van der Waals surface area (Å²) in [6, 6.07) is 0. The first-order chi connectivity index (χ1) is 7.07. The second kappa shape index (κ2) is 5.06. The van der Waals surface area contributed by atoms with Crippen LogP contribution in [0.3, 0.4) is 0 Å². The zero-order valence-corrected chi connectivity index (χ0v) is 10.0. The first-order valence-corrected chi connectivity index (χ1v) is 5.99. The second-order valence-corrected chi connectivity index (χ2v) is 4.28. The van der Waals surface area contributed by atoms with E-state index in [9.17, 15) is 4.79 Å². The molecule has 0 fully saturated rings. The third-order valence-corrected chi connectivity index (χ3v) is 2.74. The zero-order valence-electron chi connectivity index (χ0n) is 9.23. The van der Waals surface area contributed by atoms with Gasteiger partial charge < -0.3 is 10.6 Å². The molecule has 84 valence electrons. The number of carbonyl (C=O) groups is 1. The molecule has 0 bridgehead atoms. The van der Waals surface area contributed by atoms with Crippen molar-refractivity contribution in [2.75, 3.05) is 31.3 Å². The number of aryl methyl sites for hydroxylation is 1. The Bertz CT molecular complexity index is 330. The van der Waals surface area contributed by atoms with Gasteiger partial charge in [-0.3, -0.25) is 9.48 Å². The maximum atomic E-state index is 11.9. The van der Waals surface area contributed by atoms with Gasteiger partial charge >= 0.3 is 0 Å². The lowest BCUT2D eigenvalue weighted by Gasteiger charge is -2.16. The van der Waals surface area contributed by atoms with Crippen LogP contribution in [-0.2, 0) is 7.05 Å². The number of carbonyl (C=O) groups excluding carboxylic acids is 1. The Morgan fingerprint density at radius 2 is 2.40 bits per heavy atom. The van der Waals surface area contributed by atoms with Gasteiger partial charge in [-0.2, -0.15) is 16.9 Å². The van der Waals surface area contributed by atoms with Crippen molar-refractivity contribution in [3.8, 4) is 0 Å². The minimum absolute atomic E-state index is 0.0819. The summed E-state index contributed by atoms with van der Waals surface area (Å²) in [4.78, 5) is 13.6. The van der Waals surface area contributed by atoms with E-state index in [1.807, 2.05) is 6.26 Å². The Labute approximate surface area is 93.6 Å². The molecule has 0 aromatic carbocycles. The van der Waals surface area contributed by atoms with Crippen LogP contribution in [0.15, 0.2) is 6.20 Å². The van der Waals surface area contributed by atoms with E-state index >= 15 is 0 Å². The molecular formula is C9H16N4OS. The van der Waals surface area contributed by atoms with Gasteiger partial charge in [-0.1, -0.05) is 0 Å². The van der Waals surface area contributed by atoms with Crippen molar-refractivity contribution in [1.82, 2.24) is 14.7 Å². The van der Waals surface area contributed by atoms with Crippen molar-refractivity contribution in [2.45, 2.75) is 0 Å². The number of aromatic nitrogens is 2. The number of hydrogen-bond donors (Lipinski definition) is 1. The molecule has 1 rings (SSSR count). The summed E-state index contributed by atoms with van der Waals surface area (Å²) < 4.78 is 1.51. The molecule has 1 aromatic heterocycles. The van der Waals surface area contributed by atoms with Crippen molar-refractivity contribution < 1.29 is 4.79 Å². The van der Waals surface area contributed by atoms with Crippen LogP contribution in [0, 0.1) is 0 Å². The molecule has 6 heteroatoms. The van der Waals surface area contributed by atoms with Crippen LogP contribution in [0.25, 0.3) is 0 Å². The van der Waals surface area contributed by atoms with Gasteiger partial charge in [0.2, 0.25) is 0 Å². The van der Waals surface area contributed by atoms with Gasteiger partial charge in [0.1, 0.15) is 5.69 Å². The molecule has 5 nitrogen and oxygen atoms in total. The second-order valence-electron chi connectivity index (χ2n) is 3.29. The number of nitrogens with two attached hydrogens (primary N) is 1. The Kier molecular flexibility index (Phi) is 4.02. The molecule has 1 heterocycles. The fourth-order valence-corrected chi connectivity index (χ4v) is 1.68. The van der Waals surface area contributed by atoms with E-state index in [1.165, 1.54) is 10.9 Å². The van der Waals surface area contributed by atoms with E-state index in [0.717, 1.165) is 5.75 Å². The molecule has 0 aliphatic rings. The lowest BCUT2D eigenvalue weighted by atomic mass is 10.3. The third-order valence-electron chi connectivity index (χ3n) is 2.15. The van der Waals surface area contributed by atoms with Crippen LogP contribution in [0.4, 0.5) is 5.69 Å². The number of thioether (sulfide) groups is 1. The minimum atomic E-state index is -0.0819. The normalized spacial score (nSPS) is 10.3. The molecule has 0 radical (unpaired) electrons. The highest BCUT2D eigenvalue weighted by Crippen LogP contribution is 2.11. The maximum Gasteiger partial charge on any atom is 0.274 e. The number of amides is 1. The number of nitrogens with zero attached hydrogens (tertiary/aromatic N) is 3. The monoisotopic (exact) mass is 228 g/mol. The number of nitrogen functional groups attached to an aromatic ring is 1. The summed E-state index contributed by atoms with van der Waals surface area (Å²) in [5.41, 5.74) is 6.56. The highest BCUT2D eigenvalue weighted by Gasteiger charge is 2.18. The predicted octanol–water partition coefficient (Wildman–Crippen LogP) is 0.437. The van der Waals surface area contributed by atoms with E-state index in [-0.39, 0.29) is 5.91 Å². The summed E-state index contributed by atoms with van der Waals surface area (Å²) in [5, 5.41) is 3.94. The average molecular weight is 228 g/mol. The molecule has 0 atom stereocenters. The molecule has 0 aliphatic heterocycles. The van der Waals surface area contributed by atoms with Gasteiger partial charge in [0.25, 0.3) is 5.91 Å². The van der Waals surface area contributed by atoms with E-state index < -0.39 is 0 Å². The smallest absolute Gasteiger partial charge is 0.274 e. The molecular weight excluding hydrogens is 212 g/mol. The van der Waals surface area contributed by atoms with Crippen LogP contribution in [0.1, 0.15) is 10.5 Å². The van der Waals surface area contributed by atoms with Crippen LogP contribution < -0.4 is 5.73 Å². The Morgan fingerprint density at radius 3 is 2.87 bits per heavy atom. The molecule has 1 aromatic rings. The number of rotatable bonds is 4. The van der Waals surface area contributed by atoms with Gasteiger partial charge in [0.15, 0.2) is 0 Å². The van der Waals surface area contributed by atoms with Crippen molar-refractivity contribution in [2.24, 2.45) is 7.05 Å². The minimum Gasteiger partial charge on any atom is -0.396 e. The summed E-state index contributed by atoms with van der Waals surface area (Å²) in [6.07, 6.45) is 3.51. The van der Waals surface area contributed by atoms with Gasteiger partial charge in [-0.05, 0) is 6.26 Å². The zero-order chi connectivity index (χ0) is 11.4. The molecule has 2 N–H and O–H groups in total. The summed E-state index contributed by atoms with van der Waals surface area (Å²) in [7, 11) is 3.48. The van der Waals surface area contributed by atoms with Crippen LogP contribution in [0.5, 0.6) is 0 Å². The quantitative estimate of drug-likeness (QED) is 0.812. The van der Waals surface area contributed by atoms with E-state index in [4.69, 9.17) is 5.73 Å². The lowest BCUT2D eigenvalue weighted by Crippen LogP contribution is -2.31. The molecule has 1 amide bonds. The van der Waals surface area contributed by atoms with Gasteiger partial charge in [-0.25, -0.2) is 0 Å². The standard InChI is InChI=1S/C9H16N4OS/c1-12(4-5-15-3)9(14)8-7(10)6-11-13(8)2/h6H,4-5,10H2,1-3H3. The highest BCUT2D eigenvalue weighted by atomic mass is 32.2. The first-order valence-electron chi connectivity index (χ1n) is 4.59. The Morgan fingerprint density at radius 1 is 1.73 bits per heavy atom. The van der Waals surface area contributed by atoms with Crippen molar-refractivity contribution in [1.29, 1.82) is 0 Å². The van der Waals surface area contributed by atoms with Crippen molar-refractivity contribution in [3.05, 3.63) is 11.9 Å². The first kappa shape index (κ1) is 11.9. The van der Waals surface area contributed by atoms with Crippen molar-refractivity contribution in [3.63, 3.8) is 0 Å². The fourth-order valence-electron chi connectivity index (χ4n) is 1.23. The van der Waals surface area contributed by atoms with Crippen molar-refractivity contribution >= 4 is 23.4 Å². The maximum absolute atomic E-state index is 11.9. The van der Waals surface area contributed by atoms with Gasteiger partial charge in [0, 0.05) is 26.4 Å². The highest BCUT2D eigenvalue weighted by molar-refractivity contribution is 7.98. The molecule has 0 aliphatic carbocycles. The van der Waals surface area contributed by atoms with Crippen LogP contribution >= 0.6 is 11.8 Å². The molecule has 0 spiro atoms. The van der Waals surface area contributed by atoms with E-state index in [1.54, 1.807) is 30.8 Å². The fraction of sp³-hybridized carbons (Fsp3) is 0.556. The van der Waals surface area contributed by atoms with Crippen LogP contribution in [-0.4, -0.2) is 46.2 Å². The Hall–Kier alpha value is -1.17. The summed E-state index contributed by atoms with van der Waals surface area (Å²) in [5.74, 6) is 0.835. The topological polar surface area (TPSA) is 64.2 Å². The number of hydrogen-bond acceptors (Lipinski definition) is 4. The van der Waals surface area contributed by atoms with Gasteiger partial charge in [0.05, 0.1) is 11.9 Å². The SMILES string of the molecule is CSCCN(C)C(=O)c1c(N)cnn1C. The molecule has 0 saturated heterocycles. The third kappa shape index (κ3) is 2.65. The molecule has 15 heavy (non-hydrogen) atoms. The largest absolute Gasteiger partial charge is 0.396 e. The summed E-state index contributed by atoms with van der Waals surface area (Å²) >= 11 is 1.71. The lowest BCUT2D eigenvalue weighted by molar-refractivity contribution is 0.0794. The summed E-state index contributed by atoms with van der Waals surface area (Å²) in [6.45, 7) is 0.713. The van der Waals surface area contributed by atoms with E-state index in [2.05, 4.69) is 5.10 Å². The Balaban J connectivity index is 2.76. The molecule has 0 unspecified atom stereocenters. The van der Waals surface area contributed by atoms with Gasteiger partial charge in [-0.15, -0.1) is 0 Å².